The average Bonchev–Trinajstić information content (AvgIpc) is 2.97. The lowest BCUT2D eigenvalue weighted by atomic mass is 9.57. The van der Waals surface area contributed by atoms with Crippen molar-refractivity contribution >= 4 is 0 Å². The number of fused-ring (bicyclic) bond motifs is 3. The van der Waals surface area contributed by atoms with E-state index in [4.69, 9.17) is 14.0 Å². The molecule has 2 aliphatic carbocycles. The smallest absolute Gasteiger partial charge is 0.174 e. The molecule has 1 saturated carbocycles. The molecule has 1 aromatic heterocycles. The van der Waals surface area contributed by atoms with Gasteiger partial charge in [-0.15, -0.1) is 0 Å². The van der Waals surface area contributed by atoms with Crippen LogP contribution in [-0.2, 0) is 22.3 Å². The van der Waals surface area contributed by atoms with E-state index in [9.17, 15) is 0 Å². The van der Waals surface area contributed by atoms with Crippen molar-refractivity contribution in [2.24, 2.45) is 11.3 Å². The first-order valence-electron chi connectivity index (χ1n) is 6.94. The van der Waals surface area contributed by atoms with Crippen molar-refractivity contribution in [3.8, 4) is 0 Å². The second-order valence-corrected chi connectivity index (χ2v) is 6.11. The van der Waals surface area contributed by atoms with Crippen LogP contribution in [0, 0.1) is 11.3 Å². The van der Waals surface area contributed by atoms with Crippen molar-refractivity contribution in [3.63, 3.8) is 0 Å². The molecule has 1 aromatic rings. The van der Waals surface area contributed by atoms with Crippen LogP contribution in [0.25, 0.3) is 0 Å². The minimum Gasteiger partial charge on any atom is -0.361 e. The van der Waals surface area contributed by atoms with Gasteiger partial charge in [-0.3, -0.25) is 0 Å². The van der Waals surface area contributed by atoms with Crippen LogP contribution in [0.2, 0.25) is 0 Å². The SMILES string of the molecule is C[C@@]12Cc3cnoc3C[C@H]1CCCC21OCCO1. The molecule has 0 amide bonds. The molecule has 4 rings (SSSR count). The Hall–Kier alpha value is -0.870. The van der Waals surface area contributed by atoms with Crippen molar-refractivity contribution in [3.05, 3.63) is 17.5 Å². The first-order valence-corrected chi connectivity index (χ1v) is 6.94. The summed E-state index contributed by atoms with van der Waals surface area (Å²) in [6, 6.07) is 0. The standard InChI is InChI=1S/C14H19NO3/c1-13-8-10-9-15-18-12(10)7-11(13)3-2-4-14(13)16-5-6-17-14/h9,11H,2-8H2,1H3/t11-,13-/m1/s1. The molecule has 1 spiro atoms. The summed E-state index contributed by atoms with van der Waals surface area (Å²) < 4.78 is 17.5. The summed E-state index contributed by atoms with van der Waals surface area (Å²) in [6.45, 7) is 3.80. The number of aromatic nitrogens is 1. The average molecular weight is 249 g/mol. The summed E-state index contributed by atoms with van der Waals surface area (Å²) in [5.41, 5.74) is 1.31. The van der Waals surface area contributed by atoms with Crippen molar-refractivity contribution < 1.29 is 14.0 Å². The van der Waals surface area contributed by atoms with E-state index in [0.717, 1.165) is 38.2 Å². The van der Waals surface area contributed by atoms with E-state index in [0.29, 0.717) is 5.92 Å². The van der Waals surface area contributed by atoms with Crippen LogP contribution in [0.1, 0.15) is 37.5 Å². The van der Waals surface area contributed by atoms with Crippen LogP contribution in [0.5, 0.6) is 0 Å². The maximum atomic E-state index is 6.07. The molecule has 4 heteroatoms. The molecule has 2 atom stereocenters. The summed E-state index contributed by atoms with van der Waals surface area (Å²) in [5, 5.41) is 3.95. The second kappa shape index (κ2) is 3.58. The molecule has 0 radical (unpaired) electrons. The van der Waals surface area contributed by atoms with Gasteiger partial charge in [-0.25, -0.2) is 0 Å². The number of hydrogen-bond acceptors (Lipinski definition) is 4. The number of hydrogen-bond donors (Lipinski definition) is 0. The third kappa shape index (κ3) is 1.25. The van der Waals surface area contributed by atoms with Crippen molar-refractivity contribution in [1.29, 1.82) is 0 Å². The van der Waals surface area contributed by atoms with Gasteiger partial charge in [-0.1, -0.05) is 12.1 Å². The van der Waals surface area contributed by atoms with Gasteiger partial charge in [0.1, 0.15) is 5.76 Å². The van der Waals surface area contributed by atoms with E-state index in [1.807, 2.05) is 6.20 Å². The Morgan fingerprint density at radius 1 is 1.33 bits per heavy atom. The van der Waals surface area contributed by atoms with Gasteiger partial charge >= 0.3 is 0 Å². The second-order valence-electron chi connectivity index (χ2n) is 6.11. The predicted octanol–water partition coefficient (Wildman–Crippen LogP) is 2.32. The summed E-state index contributed by atoms with van der Waals surface area (Å²) in [7, 11) is 0. The van der Waals surface area contributed by atoms with E-state index in [-0.39, 0.29) is 11.2 Å². The highest BCUT2D eigenvalue weighted by molar-refractivity contribution is 5.24. The summed E-state index contributed by atoms with van der Waals surface area (Å²) in [6.07, 6.45) is 7.28. The zero-order valence-corrected chi connectivity index (χ0v) is 10.8. The Labute approximate surface area is 107 Å². The summed E-state index contributed by atoms with van der Waals surface area (Å²) in [5.74, 6) is 1.31. The van der Waals surface area contributed by atoms with Gasteiger partial charge in [0.2, 0.25) is 0 Å². The molecule has 3 aliphatic rings. The fourth-order valence-electron chi connectivity index (χ4n) is 4.25. The molecular weight excluding hydrogens is 230 g/mol. The van der Waals surface area contributed by atoms with Gasteiger partial charge in [-0.05, 0) is 25.2 Å². The lowest BCUT2D eigenvalue weighted by Gasteiger charge is -2.54. The number of nitrogens with zero attached hydrogens (tertiary/aromatic N) is 1. The Morgan fingerprint density at radius 3 is 3.00 bits per heavy atom. The first-order chi connectivity index (χ1) is 8.74. The van der Waals surface area contributed by atoms with E-state index in [1.54, 1.807) is 0 Å². The van der Waals surface area contributed by atoms with Crippen molar-refractivity contribution in [1.82, 2.24) is 5.16 Å². The Morgan fingerprint density at radius 2 is 2.17 bits per heavy atom. The van der Waals surface area contributed by atoms with Gasteiger partial charge in [0.05, 0.1) is 19.4 Å². The zero-order valence-electron chi connectivity index (χ0n) is 10.8. The Balaban J connectivity index is 1.78. The first kappa shape index (κ1) is 11.0. The molecule has 2 heterocycles. The topological polar surface area (TPSA) is 44.5 Å². The third-order valence-corrected chi connectivity index (χ3v) is 5.30. The fraction of sp³-hybridized carbons (Fsp3) is 0.786. The number of rotatable bonds is 0. The minimum absolute atomic E-state index is 0.0697. The van der Waals surface area contributed by atoms with Gasteiger partial charge in [-0.2, -0.15) is 0 Å². The summed E-state index contributed by atoms with van der Waals surface area (Å²) in [4.78, 5) is 0. The van der Waals surface area contributed by atoms with Crippen LogP contribution in [0.4, 0.5) is 0 Å². The van der Waals surface area contributed by atoms with E-state index < -0.39 is 0 Å². The number of ether oxygens (including phenoxy) is 2. The molecule has 0 N–H and O–H groups in total. The molecule has 1 saturated heterocycles. The molecule has 4 nitrogen and oxygen atoms in total. The normalized spacial score (nSPS) is 37.5. The van der Waals surface area contributed by atoms with Crippen LogP contribution in [0.15, 0.2) is 10.7 Å². The monoisotopic (exact) mass is 249 g/mol. The zero-order chi connectivity index (χ0) is 12.2. The summed E-state index contributed by atoms with van der Waals surface area (Å²) >= 11 is 0. The molecule has 2 fully saturated rings. The largest absolute Gasteiger partial charge is 0.361 e. The van der Waals surface area contributed by atoms with Crippen LogP contribution in [-0.4, -0.2) is 24.2 Å². The van der Waals surface area contributed by atoms with Crippen LogP contribution < -0.4 is 0 Å². The lowest BCUT2D eigenvalue weighted by Crippen LogP contribution is -2.57. The third-order valence-electron chi connectivity index (χ3n) is 5.30. The molecule has 18 heavy (non-hydrogen) atoms. The maximum absolute atomic E-state index is 6.07. The van der Waals surface area contributed by atoms with Crippen LogP contribution >= 0.6 is 0 Å². The van der Waals surface area contributed by atoms with Gasteiger partial charge in [0.15, 0.2) is 5.79 Å². The van der Waals surface area contributed by atoms with Crippen LogP contribution in [0.3, 0.4) is 0 Å². The molecule has 1 aliphatic heterocycles. The van der Waals surface area contributed by atoms with E-state index >= 15 is 0 Å². The van der Waals surface area contributed by atoms with E-state index in [2.05, 4.69) is 12.1 Å². The molecule has 0 aromatic carbocycles. The highest BCUT2D eigenvalue weighted by atomic mass is 16.7. The molecular formula is C14H19NO3. The lowest BCUT2D eigenvalue weighted by molar-refractivity contribution is -0.270. The van der Waals surface area contributed by atoms with E-state index in [1.165, 1.54) is 18.4 Å². The predicted molar refractivity (Wildman–Crippen MR) is 64.0 cm³/mol. The van der Waals surface area contributed by atoms with Crippen molar-refractivity contribution in [2.45, 2.75) is 44.8 Å². The fourth-order valence-corrected chi connectivity index (χ4v) is 4.25. The van der Waals surface area contributed by atoms with Gasteiger partial charge < -0.3 is 14.0 Å². The quantitative estimate of drug-likeness (QED) is 0.708. The Kier molecular flexibility index (Phi) is 2.19. The molecule has 98 valence electrons. The molecule has 0 bridgehead atoms. The molecule has 0 unspecified atom stereocenters. The maximum Gasteiger partial charge on any atom is 0.174 e. The van der Waals surface area contributed by atoms with Crippen molar-refractivity contribution in [2.75, 3.05) is 13.2 Å². The highest BCUT2D eigenvalue weighted by Crippen LogP contribution is 2.57. The Bertz CT molecular complexity index is 463. The minimum atomic E-state index is -0.356. The van der Waals surface area contributed by atoms with Gasteiger partial charge in [0, 0.05) is 23.8 Å². The highest BCUT2D eigenvalue weighted by Gasteiger charge is 2.60. The van der Waals surface area contributed by atoms with Gasteiger partial charge in [0.25, 0.3) is 0 Å².